The average Bonchev–Trinajstić information content (AvgIpc) is 2.79. The van der Waals surface area contributed by atoms with Crippen LogP contribution in [0.3, 0.4) is 0 Å². The minimum atomic E-state index is -0.120. The Morgan fingerprint density at radius 1 is 0.939 bits per heavy atom. The number of hydrogen-bond acceptors (Lipinski definition) is 2. The number of aryl methyl sites for hydroxylation is 1. The molecule has 1 unspecified atom stereocenters. The van der Waals surface area contributed by atoms with Gasteiger partial charge in [0.25, 0.3) is 5.91 Å². The molecule has 2 rings (SSSR count). The van der Waals surface area contributed by atoms with Gasteiger partial charge in [0.15, 0.2) is 12.4 Å². The molecule has 0 radical (unpaired) electrons. The summed E-state index contributed by atoms with van der Waals surface area (Å²) in [7, 11) is 3.54. The van der Waals surface area contributed by atoms with Crippen LogP contribution in [-0.2, 0) is 17.8 Å². The number of carbonyl (C=O) groups is 2. The van der Waals surface area contributed by atoms with E-state index < -0.39 is 0 Å². The van der Waals surface area contributed by atoms with Crippen molar-refractivity contribution in [3.8, 4) is 0 Å². The number of unbranched alkanes of at least 4 members (excludes halogenated alkanes) is 4. The lowest BCUT2D eigenvalue weighted by atomic mass is 9.96. The predicted octanol–water partition coefficient (Wildman–Crippen LogP) is 4.74. The number of aromatic nitrogens is 1. The largest absolute Gasteiger partial charge is 0.356 e. The van der Waals surface area contributed by atoms with E-state index in [4.69, 9.17) is 0 Å². The molecule has 1 N–H and O–H groups in total. The van der Waals surface area contributed by atoms with Gasteiger partial charge in [0.2, 0.25) is 5.91 Å². The van der Waals surface area contributed by atoms with E-state index in [0.717, 1.165) is 62.7 Å². The Bertz CT molecular complexity index is 875. The van der Waals surface area contributed by atoms with Crippen molar-refractivity contribution in [2.75, 3.05) is 20.6 Å². The zero-order valence-electron chi connectivity index (χ0n) is 21.1. The van der Waals surface area contributed by atoms with E-state index in [1.807, 2.05) is 31.5 Å². The quantitative estimate of drug-likeness (QED) is 0.352. The van der Waals surface area contributed by atoms with Crippen molar-refractivity contribution in [3.05, 3.63) is 65.5 Å². The maximum absolute atomic E-state index is 12.5. The molecule has 5 nitrogen and oxygen atoms in total. The number of carbonyl (C=O) groups excluding carboxylic acids is 2. The van der Waals surface area contributed by atoms with Crippen LogP contribution in [0.2, 0.25) is 0 Å². The topological polar surface area (TPSA) is 53.3 Å². The zero-order chi connectivity index (χ0) is 24.2. The molecule has 33 heavy (non-hydrogen) atoms. The van der Waals surface area contributed by atoms with Crippen molar-refractivity contribution in [1.29, 1.82) is 0 Å². The first-order chi connectivity index (χ1) is 15.8. The number of nitrogens with one attached hydrogen (secondary N) is 1. The van der Waals surface area contributed by atoms with Crippen molar-refractivity contribution in [3.63, 3.8) is 0 Å². The first-order valence-corrected chi connectivity index (χ1v) is 12.3. The van der Waals surface area contributed by atoms with Gasteiger partial charge in [0, 0.05) is 33.1 Å². The van der Waals surface area contributed by atoms with Crippen LogP contribution < -0.4 is 9.88 Å². The maximum Gasteiger partial charge on any atom is 0.259 e. The summed E-state index contributed by atoms with van der Waals surface area (Å²) in [6.07, 6.45) is 10.5. The molecular formula is C28H42N3O2+. The molecule has 2 amide bonds. The van der Waals surface area contributed by atoms with Gasteiger partial charge >= 0.3 is 0 Å². The molecule has 0 fully saturated rings. The normalized spacial score (nSPS) is 11.9. The number of benzene rings is 1. The van der Waals surface area contributed by atoms with E-state index in [1.165, 1.54) is 5.56 Å². The summed E-state index contributed by atoms with van der Waals surface area (Å²) in [4.78, 5) is 26.1. The molecule has 2 aromatic rings. The van der Waals surface area contributed by atoms with Crippen molar-refractivity contribution >= 4 is 11.8 Å². The fourth-order valence-electron chi connectivity index (χ4n) is 3.93. The molecule has 0 aliphatic carbocycles. The second-order valence-corrected chi connectivity index (χ2v) is 9.65. The third kappa shape index (κ3) is 9.37. The predicted molar refractivity (Wildman–Crippen MR) is 134 cm³/mol. The van der Waals surface area contributed by atoms with E-state index in [9.17, 15) is 9.59 Å². The Morgan fingerprint density at radius 3 is 2.27 bits per heavy atom. The van der Waals surface area contributed by atoms with Crippen LogP contribution in [0.4, 0.5) is 0 Å². The van der Waals surface area contributed by atoms with Gasteiger partial charge in [-0.3, -0.25) is 9.59 Å². The summed E-state index contributed by atoms with van der Waals surface area (Å²) >= 11 is 0. The molecule has 1 heterocycles. The highest BCUT2D eigenvalue weighted by molar-refractivity contribution is 5.93. The number of amides is 2. The monoisotopic (exact) mass is 452 g/mol. The van der Waals surface area contributed by atoms with E-state index >= 15 is 0 Å². The van der Waals surface area contributed by atoms with Crippen LogP contribution >= 0.6 is 0 Å². The van der Waals surface area contributed by atoms with Gasteiger partial charge in [-0.05, 0) is 49.3 Å². The lowest BCUT2D eigenvalue weighted by Crippen LogP contribution is -2.35. The number of pyridine rings is 1. The van der Waals surface area contributed by atoms with Gasteiger partial charge in [-0.1, -0.05) is 51.0 Å². The van der Waals surface area contributed by atoms with Crippen LogP contribution in [0.1, 0.15) is 80.3 Å². The molecule has 5 heteroatoms. The van der Waals surface area contributed by atoms with E-state index in [1.54, 1.807) is 19.0 Å². The van der Waals surface area contributed by atoms with Gasteiger partial charge in [0.05, 0.1) is 5.92 Å². The summed E-state index contributed by atoms with van der Waals surface area (Å²) in [5, 5.41) is 3.09. The maximum atomic E-state index is 12.5. The first-order valence-electron chi connectivity index (χ1n) is 12.3. The molecule has 1 atom stereocenters. The van der Waals surface area contributed by atoms with Crippen molar-refractivity contribution in [2.24, 2.45) is 5.92 Å². The summed E-state index contributed by atoms with van der Waals surface area (Å²) in [5.41, 5.74) is 3.13. The Kier molecular flexibility index (Phi) is 11.1. The Morgan fingerprint density at radius 2 is 1.61 bits per heavy atom. The minimum Gasteiger partial charge on any atom is -0.356 e. The van der Waals surface area contributed by atoms with Crippen LogP contribution in [0.25, 0.3) is 0 Å². The van der Waals surface area contributed by atoms with Crippen molar-refractivity contribution in [1.82, 2.24) is 10.2 Å². The SMILES string of the molecule is CC(C)Cc1ccc(C(C)C(=O)NCCCCCCC[n+]2cccc(C(=O)N(C)C)c2)cc1. The molecule has 0 aliphatic heterocycles. The van der Waals surface area contributed by atoms with Gasteiger partial charge in [-0.15, -0.1) is 0 Å². The number of nitrogens with zero attached hydrogens (tertiary/aromatic N) is 2. The molecule has 0 spiro atoms. The third-order valence-electron chi connectivity index (χ3n) is 5.92. The lowest BCUT2D eigenvalue weighted by Gasteiger charge is -2.13. The molecular weight excluding hydrogens is 410 g/mol. The summed E-state index contributed by atoms with van der Waals surface area (Å²) < 4.78 is 2.09. The fourth-order valence-corrected chi connectivity index (χ4v) is 3.93. The van der Waals surface area contributed by atoms with Gasteiger partial charge in [-0.25, -0.2) is 4.57 Å². The smallest absolute Gasteiger partial charge is 0.259 e. The Hall–Kier alpha value is -2.69. The van der Waals surface area contributed by atoms with Gasteiger partial charge < -0.3 is 10.2 Å². The average molecular weight is 453 g/mol. The molecule has 0 saturated heterocycles. The summed E-state index contributed by atoms with van der Waals surface area (Å²) in [6.45, 7) is 8.07. The van der Waals surface area contributed by atoms with Gasteiger partial charge in [0.1, 0.15) is 12.1 Å². The van der Waals surface area contributed by atoms with Crippen LogP contribution in [0.5, 0.6) is 0 Å². The number of hydrogen-bond donors (Lipinski definition) is 1. The molecule has 180 valence electrons. The van der Waals surface area contributed by atoms with Crippen LogP contribution in [-0.4, -0.2) is 37.4 Å². The molecule has 0 bridgehead atoms. The molecule has 0 saturated carbocycles. The molecule has 1 aromatic heterocycles. The van der Waals surface area contributed by atoms with Crippen molar-refractivity contribution in [2.45, 2.75) is 71.8 Å². The van der Waals surface area contributed by atoms with Crippen LogP contribution in [0.15, 0.2) is 48.8 Å². The zero-order valence-corrected chi connectivity index (χ0v) is 21.1. The standard InChI is InChI=1S/C28H41N3O2/c1-22(2)20-24-13-15-25(16-14-24)23(3)27(32)29-17-9-7-6-8-10-18-31-19-11-12-26(21-31)28(33)30(4)5/h11-16,19,21-23H,6-10,17-18,20H2,1-5H3/p+1. The van der Waals surface area contributed by atoms with E-state index in [-0.39, 0.29) is 17.7 Å². The highest BCUT2D eigenvalue weighted by Crippen LogP contribution is 2.18. The molecule has 0 aliphatic rings. The van der Waals surface area contributed by atoms with Crippen LogP contribution in [0, 0.1) is 5.92 Å². The highest BCUT2D eigenvalue weighted by atomic mass is 16.2. The highest BCUT2D eigenvalue weighted by Gasteiger charge is 2.15. The van der Waals surface area contributed by atoms with Crippen molar-refractivity contribution < 1.29 is 14.2 Å². The first kappa shape index (κ1) is 26.6. The third-order valence-corrected chi connectivity index (χ3v) is 5.92. The van der Waals surface area contributed by atoms with Gasteiger partial charge in [-0.2, -0.15) is 0 Å². The second kappa shape index (κ2) is 13.8. The molecule has 1 aromatic carbocycles. The summed E-state index contributed by atoms with van der Waals surface area (Å²) in [6, 6.07) is 12.3. The number of rotatable bonds is 13. The Labute approximate surface area is 200 Å². The van der Waals surface area contributed by atoms with E-state index in [0.29, 0.717) is 5.92 Å². The Balaban J connectivity index is 1.59. The fraction of sp³-hybridized carbons (Fsp3) is 0.536. The second-order valence-electron chi connectivity index (χ2n) is 9.65. The summed E-state index contributed by atoms with van der Waals surface area (Å²) in [5.74, 6) is 0.657. The minimum absolute atomic E-state index is 0.0313. The lowest BCUT2D eigenvalue weighted by molar-refractivity contribution is -0.697. The van der Waals surface area contributed by atoms with E-state index in [2.05, 4.69) is 48.0 Å².